The quantitative estimate of drug-likeness (QED) is 0.855. The number of thiophene rings is 1. The summed E-state index contributed by atoms with van der Waals surface area (Å²) < 4.78 is 27.2. The maximum Gasteiger partial charge on any atom is 0.242 e. The van der Waals surface area contributed by atoms with E-state index in [0.717, 1.165) is 4.88 Å². The summed E-state index contributed by atoms with van der Waals surface area (Å²) >= 11 is 1.43. The van der Waals surface area contributed by atoms with Gasteiger partial charge in [0.25, 0.3) is 0 Å². The molecule has 1 unspecified atom stereocenters. The number of sulfonamides is 1. The Kier molecular flexibility index (Phi) is 4.87. The molecule has 0 aliphatic carbocycles. The van der Waals surface area contributed by atoms with Gasteiger partial charge in [-0.1, -0.05) is 6.07 Å². The molecule has 0 aliphatic heterocycles. The van der Waals surface area contributed by atoms with Crippen molar-refractivity contribution in [3.63, 3.8) is 0 Å². The van der Waals surface area contributed by atoms with Gasteiger partial charge in [0.05, 0.1) is 16.6 Å². The summed E-state index contributed by atoms with van der Waals surface area (Å²) in [5.41, 5.74) is 0.696. The van der Waals surface area contributed by atoms with Gasteiger partial charge in [0.2, 0.25) is 10.0 Å². The number of nitrogens with one attached hydrogen (secondary N) is 2. The first-order valence-electron chi connectivity index (χ1n) is 6.18. The van der Waals surface area contributed by atoms with Crippen molar-refractivity contribution in [1.82, 2.24) is 15.0 Å². The highest BCUT2D eigenvalue weighted by Crippen LogP contribution is 2.21. The van der Waals surface area contributed by atoms with E-state index < -0.39 is 10.0 Å². The molecule has 2 N–H and O–H groups in total. The van der Waals surface area contributed by atoms with Crippen LogP contribution >= 0.6 is 11.3 Å². The average Bonchev–Trinajstić information content (AvgIpc) is 2.89. The molecule has 7 heteroatoms. The molecular weight excluding hydrogens is 294 g/mol. The SMILES string of the molecule is CNCc1cc(S(=O)(=O)NC(C)c2ccccn2)cs1. The Morgan fingerprint density at radius 3 is 2.85 bits per heavy atom. The number of pyridine rings is 1. The zero-order chi connectivity index (χ0) is 14.6. The second-order valence-electron chi connectivity index (χ2n) is 4.38. The molecular formula is C13H17N3O2S2. The highest BCUT2D eigenvalue weighted by Gasteiger charge is 2.20. The minimum absolute atomic E-state index is 0.301. The monoisotopic (exact) mass is 311 g/mol. The molecule has 2 rings (SSSR count). The van der Waals surface area contributed by atoms with Gasteiger partial charge < -0.3 is 5.32 Å². The van der Waals surface area contributed by atoms with E-state index in [2.05, 4.69) is 15.0 Å². The molecule has 2 aromatic heterocycles. The normalized spacial score (nSPS) is 13.3. The van der Waals surface area contributed by atoms with Crippen LogP contribution in [-0.2, 0) is 16.6 Å². The fourth-order valence-electron chi connectivity index (χ4n) is 1.76. The third-order valence-corrected chi connectivity index (χ3v) is 5.36. The van der Waals surface area contributed by atoms with Crippen LogP contribution in [0.1, 0.15) is 23.5 Å². The molecule has 0 amide bonds. The first kappa shape index (κ1) is 15.1. The average molecular weight is 311 g/mol. The minimum atomic E-state index is -3.51. The van der Waals surface area contributed by atoms with Crippen molar-refractivity contribution >= 4 is 21.4 Å². The van der Waals surface area contributed by atoms with Gasteiger partial charge in [0.15, 0.2) is 0 Å². The molecule has 108 valence electrons. The van der Waals surface area contributed by atoms with Crippen LogP contribution in [0.5, 0.6) is 0 Å². The van der Waals surface area contributed by atoms with Crippen LogP contribution in [0.3, 0.4) is 0 Å². The number of aromatic nitrogens is 1. The third-order valence-electron chi connectivity index (χ3n) is 2.75. The molecule has 0 saturated carbocycles. The van der Waals surface area contributed by atoms with Crippen molar-refractivity contribution in [3.8, 4) is 0 Å². The number of hydrogen-bond donors (Lipinski definition) is 2. The second-order valence-corrected chi connectivity index (χ2v) is 7.09. The molecule has 0 spiro atoms. The van der Waals surface area contributed by atoms with Crippen molar-refractivity contribution in [2.45, 2.75) is 24.4 Å². The van der Waals surface area contributed by atoms with Crippen molar-refractivity contribution in [2.75, 3.05) is 7.05 Å². The molecule has 0 aliphatic rings. The summed E-state index contributed by atoms with van der Waals surface area (Å²) in [6.07, 6.45) is 1.65. The Balaban J connectivity index is 2.14. The van der Waals surface area contributed by atoms with Gasteiger partial charge in [-0.3, -0.25) is 4.98 Å². The van der Waals surface area contributed by atoms with Crippen molar-refractivity contribution in [2.24, 2.45) is 0 Å². The van der Waals surface area contributed by atoms with Gasteiger partial charge in [0, 0.05) is 23.0 Å². The van der Waals surface area contributed by atoms with Gasteiger partial charge in [-0.15, -0.1) is 11.3 Å². The van der Waals surface area contributed by atoms with Crippen LogP contribution in [0.2, 0.25) is 0 Å². The van der Waals surface area contributed by atoms with E-state index in [1.165, 1.54) is 11.3 Å². The van der Waals surface area contributed by atoms with Gasteiger partial charge >= 0.3 is 0 Å². The summed E-state index contributed by atoms with van der Waals surface area (Å²) in [6, 6.07) is 6.76. The highest BCUT2D eigenvalue weighted by molar-refractivity contribution is 7.89. The van der Waals surface area contributed by atoms with Crippen LogP contribution < -0.4 is 10.0 Å². The summed E-state index contributed by atoms with van der Waals surface area (Å²) in [4.78, 5) is 5.44. The molecule has 0 aromatic carbocycles. The van der Waals surface area contributed by atoms with Crippen molar-refractivity contribution < 1.29 is 8.42 Å². The Labute approximate surface area is 123 Å². The lowest BCUT2D eigenvalue weighted by atomic mass is 10.2. The topological polar surface area (TPSA) is 71.1 Å². The standard InChI is InChI=1S/C13H17N3O2S2/c1-10(13-5-3-4-6-15-13)16-20(17,18)12-7-11(8-14-2)19-9-12/h3-7,9-10,14,16H,8H2,1-2H3. The van der Waals surface area contributed by atoms with Crippen LogP contribution in [0, 0.1) is 0 Å². The molecule has 5 nitrogen and oxygen atoms in total. The molecule has 2 aromatic rings. The van der Waals surface area contributed by atoms with E-state index >= 15 is 0 Å². The Morgan fingerprint density at radius 1 is 1.40 bits per heavy atom. The number of rotatable bonds is 6. The van der Waals surface area contributed by atoms with E-state index in [4.69, 9.17) is 0 Å². The molecule has 2 heterocycles. The largest absolute Gasteiger partial charge is 0.315 e. The van der Waals surface area contributed by atoms with Gasteiger partial charge in [0.1, 0.15) is 0 Å². The molecule has 1 atom stereocenters. The third kappa shape index (κ3) is 3.63. The van der Waals surface area contributed by atoms with Crippen LogP contribution in [-0.4, -0.2) is 20.4 Å². The van der Waals surface area contributed by atoms with E-state index in [0.29, 0.717) is 17.1 Å². The maximum atomic E-state index is 12.3. The number of nitrogens with zero attached hydrogens (tertiary/aromatic N) is 1. The van der Waals surface area contributed by atoms with E-state index in [9.17, 15) is 8.42 Å². The summed E-state index contributed by atoms with van der Waals surface area (Å²) in [5.74, 6) is 0. The van der Waals surface area contributed by atoms with Gasteiger partial charge in [-0.25, -0.2) is 13.1 Å². The molecule has 0 bridgehead atoms. The predicted molar refractivity (Wildman–Crippen MR) is 80.1 cm³/mol. The van der Waals surface area contributed by atoms with Gasteiger partial charge in [-0.2, -0.15) is 0 Å². The highest BCUT2D eigenvalue weighted by atomic mass is 32.2. The first-order chi connectivity index (χ1) is 9.53. The fourth-order valence-corrected chi connectivity index (χ4v) is 4.27. The number of hydrogen-bond acceptors (Lipinski definition) is 5. The van der Waals surface area contributed by atoms with E-state index in [-0.39, 0.29) is 6.04 Å². The maximum absolute atomic E-state index is 12.3. The minimum Gasteiger partial charge on any atom is -0.315 e. The predicted octanol–water partition coefficient (Wildman–Crippen LogP) is 1.90. The van der Waals surface area contributed by atoms with Crippen LogP contribution in [0.4, 0.5) is 0 Å². The summed E-state index contributed by atoms with van der Waals surface area (Å²) in [7, 11) is -1.68. The van der Waals surface area contributed by atoms with Crippen molar-refractivity contribution in [3.05, 3.63) is 46.4 Å². The molecule has 0 fully saturated rings. The molecule has 0 radical (unpaired) electrons. The molecule has 20 heavy (non-hydrogen) atoms. The molecule has 0 saturated heterocycles. The Bertz CT molecular complexity index is 653. The Morgan fingerprint density at radius 2 is 2.20 bits per heavy atom. The first-order valence-corrected chi connectivity index (χ1v) is 8.54. The van der Waals surface area contributed by atoms with E-state index in [1.54, 1.807) is 36.7 Å². The lowest BCUT2D eigenvalue weighted by molar-refractivity contribution is 0.564. The zero-order valence-corrected chi connectivity index (χ0v) is 13.0. The van der Waals surface area contributed by atoms with Gasteiger partial charge in [-0.05, 0) is 32.2 Å². The van der Waals surface area contributed by atoms with Crippen LogP contribution in [0.15, 0.2) is 40.7 Å². The van der Waals surface area contributed by atoms with Crippen LogP contribution in [0.25, 0.3) is 0 Å². The van der Waals surface area contributed by atoms with Crippen molar-refractivity contribution in [1.29, 1.82) is 0 Å². The zero-order valence-electron chi connectivity index (χ0n) is 11.3. The fraction of sp³-hybridized carbons (Fsp3) is 0.308. The second kappa shape index (κ2) is 6.45. The lowest BCUT2D eigenvalue weighted by Crippen LogP contribution is -2.27. The summed E-state index contributed by atoms with van der Waals surface area (Å²) in [6.45, 7) is 2.44. The van der Waals surface area contributed by atoms with E-state index in [1.807, 2.05) is 13.1 Å². The lowest BCUT2D eigenvalue weighted by Gasteiger charge is -2.12. The Hall–Kier alpha value is -1.28. The smallest absolute Gasteiger partial charge is 0.242 e. The summed E-state index contributed by atoms with van der Waals surface area (Å²) in [5, 5.41) is 4.65.